The van der Waals surface area contributed by atoms with Crippen LogP contribution in [0.3, 0.4) is 0 Å². The number of nitrogens with one attached hydrogen (secondary N) is 1. The molecule has 0 atom stereocenters. The Morgan fingerprint density at radius 1 is 1.09 bits per heavy atom. The Morgan fingerprint density at radius 2 is 1.82 bits per heavy atom. The maximum Gasteiger partial charge on any atom is 0.232 e. The highest BCUT2D eigenvalue weighted by atomic mass is 19.1. The molecule has 0 fully saturated rings. The molecule has 0 radical (unpaired) electrons. The van der Waals surface area contributed by atoms with Crippen LogP contribution >= 0.6 is 0 Å². The Balaban J connectivity index is 1.86. The topological polar surface area (TPSA) is 75.4 Å². The molecule has 0 aliphatic heterocycles. The summed E-state index contributed by atoms with van der Waals surface area (Å²) in [6.07, 6.45) is 3.56. The number of halogens is 1. The lowest BCUT2D eigenvalue weighted by Gasteiger charge is -2.16. The first-order chi connectivity index (χ1) is 15.6. The normalized spacial score (nSPS) is 11.8. The molecule has 1 aromatic carbocycles. The van der Waals surface area contributed by atoms with E-state index in [-0.39, 0.29) is 17.7 Å². The molecule has 0 aliphatic rings. The number of nitrogens with zero attached hydrogens (tertiary/aromatic N) is 5. The van der Waals surface area contributed by atoms with Gasteiger partial charge in [0.1, 0.15) is 11.5 Å². The lowest BCUT2D eigenvalue weighted by molar-refractivity contribution is -0.123. The van der Waals surface area contributed by atoms with Crippen LogP contribution in [0.2, 0.25) is 0 Å². The molecule has 7 nitrogen and oxygen atoms in total. The summed E-state index contributed by atoms with van der Waals surface area (Å²) in [6.45, 7) is 6.26. The van der Waals surface area contributed by atoms with Gasteiger partial charge in [0.2, 0.25) is 11.9 Å². The first-order valence-corrected chi connectivity index (χ1v) is 10.7. The average molecular weight is 447 g/mol. The van der Waals surface area contributed by atoms with Gasteiger partial charge in [-0.15, -0.1) is 0 Å². The van der Waals surface area contributed by atoms with E-state index in [4.69, 9.17) is 4.98 Å². The zero-order valence-electron chi connectivity index (χ0n) is 19.4. The summed E-state index contributed by atoms with van der Waals surface area (Å²) >= 11 is 0. The molecule has 4 rings (SSSR count). The van der Waals surface area contributed by atoms with Gasteiger partial charge in [0.05, 0.1) is 17.1 Å². The van der Waals surface area contributed by atoms with Crippen LogP contribution < -0.4 is 5.32 Å². The standard InChI is InChI=1S/C25H27FN6O/c1-25(2,3)23(33)30-24-27-12-10-19(28-24)22-21(17-6-8-18(26)9-7-17)29-20-14-16(15-31(4)5)11-13-32(20)22/h6-14H,15H2,1-5H3,(H,27,28,30,33). The highest BCUT2D eigenvalue weighted by Gasteiger charge is 2.23. The van der Waals surface area contributed by atoms with Gasteiger partial charge in [0.15, 0.2) is 0 Å². The van der Waals surface area contributed by atoms with Crippen molar-refractivity contribution in [3.8, 4) is 22.6 Å². The molecule has 0 spiro atoms. The molecule has 33 heavy (non-hydrogen) atoms. The number of hydrogen-bond donors (Lipinski definition) is 1. The maximum atomic E-state index is 13.6. The number of pyridine rings is 1. The van der Waals surface area contributed by atoms with E-state index in [1.165, 1.54) is 12.1 Å². The SMILES string of the molecule is CN(C)Cc1ccn2c(-c3ccnc(NC(=O)C(C)(C)C)n3)c(-c3ccc(F)cc3)nc2c1. The Kier molecular flexibility index (Phi) is 5.95. The van der Waals surface area contributed by atoms with Gasteiger partial charge >= 0.3 is 0 Å². The summed E-state index contributed by atoms with van der Waals surface area (Å²) in [7, 11) is 4.03. The number of benzene rings is 1. The van der Waals surface area contributed by atoms with E-state index in [1.807, 2.05) is 57.6 Å². The van der Waals surface area contributed by atoms with Crippen molar-refractivity contribution < 1.29 is 9.18 Å². The van der Waals surface area contributed by atoms with E-state index < -0.39 is 5.41 Å². The zero-order valence-corrected chi connectivity index (χ0v) is 19.4. The van der Waals surface area contributed by atoms with E-state index >= 15 is 0 Å². The largest absolute Gasteiger partial charge is 0.305 e. The van der Waals surface area contributed by atoms with Crippen LogP contribution in [0.15, 0.2) is 54.9 Å². The number of rotatable bonds is 5. The fraction of sp³-hybridized carbons (Fsp3) is 0.280. The third-order valence-electron chi connectivity index (χ3n) is 5.11. The van der Waals surface area contributed by atoms with Gasteiger partial charge in [-0.2, -0.15) is 0 Å². The van der Waals surface area contributed by atoms with E-state index in [0.717, 1.165) is 29.0 Å². The van der Waals surface area contributed by atoms with Crippen molar-refractivity contribution in [3.05, 3.63) is 66.2 Å². The van der Waals surface area contributed by atoms with E-state index in [9.17, 15) is 9.18 Å². The number of anilines is 1. The Bertz CT molecular complexity index is 1300. The van der Waals surface area contributed by atoms with Crippen LogP contribution in [0.5, 0.6) is 0 Å². The number of carbonyl (C=O) groups is 1. The van der Waals surface area contributed by atoms with E-state index in [1.54, 1.807) is 24.4 Å². The van der Waals surface area contributed by atoms with Gasteiger partial charge in [0, 0.05) is 29.9 Å². The molecule has 1 N–H and O–H groups in total. The van der Waals surface area contributed by atoms with Gasteiger partial charge in [-0.05, 0) is 62.1 Å². The molecular formula is C25H27FN6O. The summed E-state index contributed by atoms with van der Waals surface area (Å²) in [4.78, 5) is 28.2. The van der Waals surface area contributed by atoms with Crippen molar-refractivity contribution in [2.75, 3.05) is 19.4 Å². The second kappa shape index (κ2) is 8.71. The lowest BCUT2D eigenvalue weighted by Crippen LogP contribution is -2.28. The van der Waals surface area contributed by atoms with Gasteiger partial charge in [-0.1, -0.05) is 20.8 Å². The van der Waals surface area contributed by atoms with Crippen LogP contribution in [0.4, 0.5) is 10.3 Å². The molecular weight excluding hydrogens is 419 g/mol. The highest BCUT2D eigenvalue weighted by Crippen LogP contribution is 2.32. The number of carbonyl (C=O) groups excluding carboxylic acids is 1. The Morgan fingerprint density at radius 3 is 2.48 bits per heavy atom. The summed E-state index contributed by atoms with van der Waals surface area (Å²) in [6, 6.07) is 12.1. The number of imidazole rings is 1. The van der Waals surface area contributed by atoms with Crippen molar-refractivity contribution in [1.82, 2.24) is 24.3 Å². The van der Waals surface area contributed by atoms with Crippen LogP contribution in [0.1, 0.15) is 26.3 Å². The summed E-state index contributed by atoms with van der Waals surface area (Å²) in [5, 5.41) is 2.78. The minimum atomic E-state index is -0.579. The van der Waals surface area contributed by atoms with Gasteiger partial charge < -0.3 is 4.90 Å². The van der Waals surface area contributed by atoms with Crippen molar-refractivity contribution in [1.29, 1.82) is 0 Å². The molecule has 0 bridgehead atoms. The summed E-state index contributed by atoms with van der Waals surface area (Å²) < 4.78 is 15.5. The predicted octanol–water partition coefficient (Wildman–Crippen LogP) is 4.64. The van der Waals surface area contributed by atoms with Gasteiger partial charge in [-0.3, -0.25) is 14.5 Å². The van der Waals surface area contributed by atoms with Crippen LogP contribution in [0, 0.1) is 11.2 Å². The number of hydrogen-bond acceptors (Lipinski definition) is 5. The molecule has 3 aromatic heterocycles. The minimum Gasteiger partial charge on any atom is -0.305 e. The van der Waals surface area contributed by atoms with Crippen LogP contribution in [-0.2, 0) is 11.3 Å². The molecule has 170 valence electrons. The van der Waals surface area contributed by atoms with Crippen LogP contribution in [0.25, 0.3) is 28.3 Å². The van der Waals surface area contributed by atoms with E-state index in [2.05, 4.69) is 20.2 Å². The van der Waals surface area contributed by atoms with Crippen molar-refractivity contribution in [3.63, 3.8) is 0 Å². The smallest absolute Gasteiger partial charge is 0.232 e. The van der Waals surface area contributed by atoms with Crippen molar-refractivity contribution >= 4 is 17.5 Å². The fourth-order valence-corrected chi connectivity index (χ4v) is 3.44. The van der Waals surface area contributed by atoms with Crippen LogP contribution in [-0.4, -0.2) is 44.3 Å². The third kappa shape index (κ3) is 4.90. The fourth-order valence-electron chi connectivity index (χ4n) is 3.44. The first kappa shape index (κ1) is 22.5. The molecule has 0 saturated carbocycles. The van der Waals surface area contributed by atoms with Crippen molar-refractivity contribution in [2.45, 2.75) is 27.3 Å². The molecule has 0 unspecified atom stereocenters. The number of amides is 1. The summed E-state index contributed by atoms with van der Waals surface area (Å²) in [5.41, 5.74) is 4.07. The van der Waals surface area contributed by atoms with Crippen molar-refractivity contribution in [2.24, 2.45) is 5.41 Å². The lowest BCUT2D eigenvalue weighted by atomic mass is 9.96. The minimum absolute atomic E-state index is 0.176. The Hall–Kier alpha value is -3.65. The number of aromatic nitrogens is 4. The summed E-state index contributed by atoms with van der Waals surface area (Å²) in [5.74, 6) is -0.270. The molecule has 0 saturated heterocycles. The second-order valence-corrected chi connectivity index (χ2v) is 9.29. The third-order valence-corrected chi connectivity index (χ3v) is 5.11. The molecule has 8 heteroatoms. The quantitative estimate of drug-likeness (QED) is 0.483. The Labute approximate surface area is 192 Å². The van der Waals surface area contributed by atoms with Gasteiger partial charge in [-0.25, -0.2) is 19.3 Å². The van der Waals surface area contributed by atoms with Gasteiger partial charge in [0.25, 0.3) is 0 Å². The molecule has 3 heterocycles. The first-order valence-electron chi connectivity index (χ1n) is 10.7. The molecule has 1 amide bonds. The molecule has 0 aliphatic carbocycles. The average Bonchev–Trinajstić information content (AvgIpc) is 3.12. The number of fused-ring (bicyclic) bond motifs is 1. The molecule has 4 aromatic rings. The maximum absolute atomic E-state index is 13.6. The zero-order chi connectivity index (χ0) is 23.8. The van der Waals surface area contributed by atoms with E-state index in [0.29, 0.717) is 11.4 Å². The second-order valence-electron chi connectivity index (χ2n) is 9.29. The monoisotopic (exact) mass is 446 g/mol. The predicted molar refractivity (Wildman–Crippen MR) is 127 cm³/mol. The highest BCUT2D eigenvalue weighted by molar-refractivity contribution is 5.93.